The highest BCUT2D eigenvalue weighted by Gasteiger charge is 2.04. The molecule has 100 valence electrons. The topological polar surface area (TPSA) is 47.3 Å². The number of hydrogen-bond donors (Lipinski definition) is 2. The van der Waals surface area contributed by atoms with Gasteiger partial charge < -0.3 is 15.2 Å². The van der Waals surface area contributed by atoms with Crippen LogP contribution in [0.2, 0.25) is 0 Å². The highest BCUT2D eigenvalue weighted by atomic mass is 32.2. The number of ether oxygens (including phenoxy) is 1. The third-order valence-electron chi connectivity index (χ3n) is 2.83. The highest BCUT2D eigenvalue weighted by molar-refractivity contribution is 8.00. The fourth-order valence-electron chi connectivity index (χ4n) is 1.70. The highest BCUT2D eigenvalue weighted by Crippen LogP contribution is 2.31. The number of nitrogens with two attached hydrogens (primary N) is 1. The van der Waals surface area contributed by atoms with Crippen LogP contribution in [-0.2, 0) is 6.42 Å². The average molecular weight is 274 g/mol. The lowest BCUT2D eigenvalue weighted by Crippen LogP contribution is -1.93. The molecule has 0 amide bonds. The van der Waals surface area contributed by atoms with Crippen molar-refractivity contribution >= 4 is 23.3 Å². The molecule has 0 radical (unpaired) electrons. The number of benzene rings is 2. The van der Waals surface area contributed by atoms with E-state index in [9.17, 15) is 0 Å². The molecule has 0 unspecified atom stereocenters. The minimum absolute atomic E-state index is 0.728. The van der Waals surface area contributed by atoms with Crippen LogP contribution in [0.25, 0.3) is 0 Å². The van der Waals surface area contributed by atoms with Crippen LogP contribution < -0.4 is 15.2 Å². The van der Waals surface area contributed by atoms with Crippen LogP contribution in [0, 0.1) is 0 Å². The van der Waals surface area contributed by atoms with E-state index in [2.05, 4.69) is 35.9 Å². The maximum Gasteiger partial charge on any atom is 0.134 e. The summed E-state index contributed by atoms with van der Waals surface area (Å²) in [5.41, 5.74) is 8.91. The van der Waals surface area contributed by atoms with E-state index in [1.54, 1.807) is 7.11 Å². The Morgan fingerprint density at radius 3 is 2.53 bits per heavy atom. The van der Waals surface area contributed by atoms with E-state index in [-0.39, 0.29) is 0 Å². The van der Waals surface area contributed by atoms with Crippen molar-refractivity contribution in [2.24, 2.45) is 0 Å². The van der Waals surface area contributed by atoms with Gasteiger partial charge in [0.1, 0.15) is 5.75 Å². The standard InChI is InChI=1S/C15H18N2OS/c1-3-11-4-7-13(8-5-11)17-19-15-10-12(16)6-9-14(15)18-2/h4-10,17H,3,16H2,1-2H3. The quantitative estimate of drug-likeness (QED) is 0.640. The summed E-state index contributed by atoms with van der Waals surface area (Å²) in [6.07, 6.45) is 1.05. The second kappa shape index (κ2) is 6.38. The van der Waals surface area contributed by atoms with Crippen LogP contribution in [0.4, 0.5) is 11.4 Å². The van der Waals surface area contributed by atoms with E-state index < -0.39 is 0 Å². The molecule has 0 saturated carbocycles. The molecule has 0 aliphatic heterocycles. The van der Waals surface area contributed by atoms with Gasteiger partial charge in [-0.25, -0.2) is 0 Å². The average Bonchev–Trinajstić information content (AvgIpc) is 2.46. The lowest BCUT2D eigenvalue weighted by molar-refractivity contribution is 0.405. The lowest BCUT2D eigenvalue weighted by Gasteiger charge is -2.10. The summed E-state index contributed by atoms with van der Waals surface area (Å²) >= 11 is 1.50. The zero-order valence-electron chi connectivity index (χ0n) is 11.1. The van der Waals surface area contributed by atoms with Crippen molar-refractivity contribution in [2.75, 3.05) is 17.6 Å². The van der Waals surface area contributed by atoms with Gasteiger partial charge in [0.2, 0.25) is 0 Å². The molecule has 0 atom stereocenters. The molecular formula is C15H18N2OS. The number of methoxy groups -OCH3 is 1. The van der Waals surface area contributed by atoms with Crippen LogP contribution in [0.5, 0.6) is 5.75 Å². The Kier molecular flexibility index (Phi) is 4.58. The van der Waals surface area contributed by atoms with E-state index in [1.165, 1.54) is 17.5 Å². The molecular weight excluding hydrogens is 256 g/mol. The molecule has 0 heterocycles. The number of anilines is 2. The number of nitrogen functional groups attached to an aromatic ring is 1. The van der Waals surface area contributed by atoms with E-state index in [0.717, 1.165) is 28.4 Å². The van der Waals surface area contributed by atoms with Crippen molar-refractivity contribution in [3.63, 3.8) is 0 Å². The summed E-state index contributed by atoms with van der Waals surface area (Å²) < 4.78 is 8.60. The minimum atomic E-state index is 0.728. The van der Waals surface area contributed by atoms with E-state index in [1.807, 2.05) is 18.2 Å². The van der Waals surface area contributed by atoms with Crippen LogP contribution in [0.3, 0.4) is 0 Å². The SMILES string of the molecule is CCc1ccc(NSc2cc(N)ccc2OC)cc1. The van der Waals surface area contributed by atoms with Crippen LogP contribution in [0.15, 0.2) is 47.4 Å². The molecule has 19 heavy (non-hydrogen) atoms. The Balaban J connectivity index is 2.07. The molecule has 0 saturated heterocycles. The summed E-state index contributed by atoms with van der Waals surface area (Å²) in [5.74, 6) is 0.817. The Hall–Kier alpha value is -1.81. The van der Waals surface area contributed by atoms with Gasteiger partial charge in [-0.1, -0.05) is 19.1 Å². The number of nitrogens with one attached hydrogen (secondary N) is 1. The first-order chi connectivity index (χ1) is 9.22. The van der Waals surface area contributed by atoms with Crippen molar-refractivity contribution in [2.45, 2.75) is 18.2 Å². The van der Waals surface area contributed by atoms with Crippen LogP contribution >= 0.6 is 11.9 Å². The van der Waals surface area contributed by atoms with E-state index in [0.29, 0.717) is 0 Å². The maximum atomic E-state index is 5.79. The fourth-order valence-corrected chi connectivity index (χ4v) is 2.51. The Labute approximate surface area is 118 Å². The Bertz CT molecular complexity index is 540. The van der Waals surface area contributed by atoms with E-state index >= 15 is 0 Å². The van der Waals surface area contributed by atoms with Crippen LogP contribution in [-0.4, -0.2) is 7.11 Å². The number of aryl methyl sites for hydroxylation is 1. The third-order valence-corrected chi connectivity index (χ3v) is 3.71. The number of hydrogen-bond acceptors (Lipinski definition) is 4. The van der Waals surface area contributed by atoms with Crippen molar-refractivity contribution in [3.8, 4) is 5.75 Å². The number of rotatable bonds is 5. The van der Waals surface area contributed by atoms with Gasteiger partial charge in [0.05, 0.1) is 12.0 Å². The molecule has 0 fully saturated rings. The van der Waals surface area contributed by atoms with Gasteiger partial charge in [-0.3, -0.25) is 0 Å². The second-order valence-electron chi connectivity index (χ2n) is 4.16. The zero-order chi connectivity index (χ0) is 13.7. The fraction of sp³-hybridized carbons (Fsp3) is 0.200. The summed E-state index contributed by atoms with van der Waals surface area (Å²) in [6, 6.07) is 14.0. The van der Waals surface area contributed by atoms with Gasteiger partial charge in [-0.15, -0.1) is 0 Å². The normalized spacial score (nSPS) is 10.2. The molecule has 2 aromatic rings. The predicted octanol–water partition coefficient (Wildman–Crippen LogP) is 3.96. The molecule has 3 N–H and O–H groups in total. The molecule has 0 aliphatic carbocycles. The van der Waals surface area contributed by atoms with Gasteiger partial charge in [0.15, 0.2) is 0 Å². The van der Waals surface area contributed by atoms with Crippen molar-refractivity contribution < 1.29 is 4.74 Å². The van der Waals surface area contributed by atoms with Gasteiger partial charge in [0.25, 0.3) is 0 Å². The molecule has 0 aliphatic rings. The Morgan fingerprint density at radius 2 is 1.89 bits per heavy atom. The molecule has 2 aromatic carbocycles. The molecule has 0 bridgehead atoms. The second-order valence-corrected chi connectivity index (χ2v) is 5.01. The first-order valence-corrected chi connectivity index (χ1v) is 7.00. The zero-order valence-corrected chi connectivity index (χ0v) is 12.0. The minimum Gasteiger partial charge on any atom is -0.496 e. The summed E-state index contributed by atoms with van der Waals surface area (Å²) in [4.78, 5) is 0.974. The van der Waals surface area contributed by atoms with Gasteiger partial charge >= 0.3 is 0 Å². The Morgan fingerprint density at radius 1 is 1.16 bits per heavy atom. The van der Waals surface area contributed by atoms with Gasteiger partial charge in [-0.05, 0) is 54.3 Å². The van der Waals surface area contributed by atoms with Crippen molar-refractivity contribution in [1.29, 1.82) is 0 Å². The summed E-state index contributed by atoms with van der Waals surface area (Å²) in [7, 11) is 1.66. The predicted molar refractivity (Wildman–Crippen MR) is 82.7 cm³/mol. The van der Waals surface area contributed by atoms with Gasteiger partial charge in [0, 0.05) is 11.4 Å². The van der Waals surface area contributed by atoms with E-state index in [4.69, 9.17) is 10.5 Å². The monoisotopic (exact) mass is 274 g/mol. The van der Waals surface area contributed by atoms with Crippen molar-refractivity contribution in [1.82, 2.24) is 0 Å². The van der Waals surface area contributed by atoms with Crippen LogP contribution in [0.1, 0.15) is 12.5 Å². The third kappa shape index (κ3) is 3.58. The lowest BCUT2D eigenvalue weighted by atomic mass is 10.2. The largest absolute Gasteiger partial charge is 0.496 e. The first-order valence-electron chi connectivity index (χ1n) is 6.18. The molecule has 4 heteroatoms. The molecule has 0 aromatic heterocycles. The van der Waals surface area contributed by atoms with Crippen molar-refractivity contribution in [3.05, 3.63) is 48.0 Å². The van der Waals surface area contributed by atoms with Gasteiger partial charge in [-0.2, -0.15) is 0 Å². The molecule has 3 nitrogen and oxygen atoms in total. The molecule has 0 spiro atoms. The first kappa shape index (κ1) is 13.6. The molecule has 2 rings (SSSR count). The summed E-state index contributed by atoms with van der Waals surface area (Å²) in [5, 5.41) is 0. The summed E-state index contributed by atoms with van der Waals surface area (Å²) in [6.45, 7) is 2.15. The maximum absolute atomic E-state index is 5.79. The smallest absolute Gasteiger partial charge is 0.134 e.